The van der Waals surface area contributed by atoms with Crippen LogP contribution in [-0.4, -0.2) is 54.7 Å². The first-order valence-corrected chi connectivity index (χ1v) is 12.6. The smallest absolute Gasteiger partial charge is 0.263 e. The highest BCUT2D eigenvalue weighted by Crippen LogP contribution is 2.34. The highest BCUT2D eigenvalue weighted by atomic mass is 32.2. The van der Waals surface area contributed by atoms with Gasteiger partial charge in [-0.25, -0.2) is 18.4 Å². The number of aromatic nitrogens is 4. The third kappa shape index (κ3) is 5.00. The van der Waals surface area contributed by atoms with Gasteiger partial charge in [0.25, 0.3) is 10.0 Å². The molecule has 1 fully saturated rings. The monoisotopic (exact) mass is 492 g/mol. The van der Waals surface area contributed by atoms with Crippen LogP contribution in [0.15, 0.2) is 66.1 Å². The van der Waals surface area contributed by atoms with Gasteiger partial charge in [-0.15, -0.1) is 0 Å². The molecule has 1 aliphatic rings. The zero-order chi connectivity index (χ0) is 24.3. The maximum Gasteiger partial charge on any atom is 0.263 e. The van der Waals surface area contributed by atoms with Crippen LogP contribution < -0.4 is 14.8 Å². The Morgan fingerprint density at radius 1 is 1.03 bits per heavy atom. The van der Waals surface area contributed by atoms with Crippen LogP contribution >= 0.6 is 0 Å². The summed E-state index contributed by atoms with van der Waals surface area (Å²) >= 11 is 0. The lowest BCUT2D eigenvalue weighted by Gasteiger charge is -2.25. The van der Waals surface area contributed by atoms with E-state index >= 15 is 0 Å². The molecule has 0 radical (unpaired) electrons. The van der Waals surface area contributed by atoms with Crippen molar-refractivity contribution in [2.45, 2.75) is 23.8 Å². The van der Waals surface area contributed by atoms with Crippen LogP contribution in [0.5, 0.6) is 5.88 Å². The predicted octanol–water partition coefficient (Wildman–Crippen LogP) is 3.49. The van der Waals surface area contributed by atoms with Gasteiger partial charge in [0.2, 0.25) is 5.88 Å². The average Bonchev–Trinajstić information content (AvgIpc) is 2.89. The third-order valence-electron chi connectivity index (χ3n) is 5.76. The number of hydrogen-bond acceptors (Lipinski definition) is 9. The van der Waals surface area contributed by atoms with Crippen molar-refractivity contribution in [3.05, 3.63) is 61.2 Å². The Labute approximate surface area is 202 Å². The Morgan fingerprint density at radius 3 is 2.66 bits per heavy atom. The van der Waals surface area contributed by atoms with Crippen molar-refractivity contribution in [2.75, 3.05) is 30.4 Å². The number of hydrogen-bond donors (Lipinski definition) is 2. The Balaban J connectivity index is 1.53. The van der Waals surface area contributed by atoms with Gasteiger partial charge in [-0.3, -0.25) is 9.71 Å². The lowest BCUT2D eigenvalue weighted by Crippen LogP contribution is -2.28. The van der Waals surface area contributed by atoms with E-state index in [0.29, 0.717) is 30.6 Å². The lowest BCUT2D eigenvalue weighted by molar-refractivity contribution is 0.0904. The molecule has 1 aromatic carbocycles. The predicted molar refractivity (Wildman–Crippen MR) is 132 cm³/mol. The molecular formula is C24H24N6O4S. The summed E-state index contributed by atoms with van der Waals surface area (Å²) in [6.45, 7) is 1.40. The van der Waals surface area contributed by atoms with E-state index in [9.17, 15) is 8.42 Å². The molecule has 1 aliphatic heterocycles. The summed E-state index contributed by atoms with van der Waals surface area (Å²) in [7, 11) is -2.26. The van der Waals surface area contributed by atoms with Gasteiger partial charge in [0, 0.05) is 48.7 Å². The fourth-order valence-electron chi connectivity index (χ4n) is 3.98. The van der Waals surface area contributed by atoms with E-state index in [2.05, 4.69) is 30.0 Å². The number of rotatable bonds is 7. The van der Waals surface area contributed by atoms with Crippen molar-refractivity contribution in [2.24, 2.45) is 0 Å². The lowest BCUT2D eigenvalue weighted by atomic mass is 10.0. The topological polar surface area (TPSA) is 128 Å². The number of sulfonamides is 1. The van der Waals surface area contributed by atoms with Gasteiger partial charge in [0.15, 0.2) is 0 Å². The zero-order valence-electron chi connectivity index (χ0n) is 19.0. The Kier molecular flexibility index (Phi) is 6.43. The fraction of sp³-hybridized carbons (Fsp3) is 0.250. The number of nitrogens with one attached hydrogen (secondary N) is 2. The highest BCUT2D eigenvalue weighted by molar-refractivity contribution is 7.92. The van der Waals surface area contributed by atoms with Crippen LogP contribution in [0.4, 0.5) is 11.6 Å². The molecule has 3 aromatic heterocycles. The molecule has 1 saturated heterocycles. The van der Waals surface area contributed by atoms with Crippen molar-refractivity contribution < 1.29 is 17.9 Å². The van der Waals surface area contributed by atoms with E-state index in [0.717, 1.165) is 29.2 Å². The second-order valence-electron chi connectivity index (χ2n) is 8.02. The van der Waals surface area contributed by atoms with E-state index in [4.69, 9.17) is 9.47 Å². The minimum atomic E-state index is -3.83. The van der Waals surface area contributed by atoms with Gasteiger partial charge in [0.05, 0.1) is 17.7 Å². The van der Waals surface area contributed by atoms with Gasteiger partial charge < -0.3 is 14.8 Å². The first kappa shape index (κ1) is 22.9. The van der Waals surface area contributed by atoms with E-state index in [-0.39, 0.29) is 16.8 Å². The Hall–Kier alpha value is -3.83. The first-order chi connectivity index (χ1) is 17.0. The quantitative estimate of drug-likeness (QED) is 0.398. The molecule has 4 aromatic rings. The number of methoxy groups -OCH3 is 1. The average molecular weight is 493 g/mol. The molecule has 0 amide bonds. The van der Waals surface area contributed by atoms with Crippen molar-refractivity contribution in [3.8, 4) is 17.1 Å². The maximum absolute atomic E-state index is 12.9. The molecule has 0 spiro atoms. The number of nitrogens with zero attached hydrogens (tertiary/aromatic N) is 4. The number of ether oxygens (including phenoxy) is 2. The van der Waals surface area contributed by atoms with Crippen molar-refractivity contribution >= 4 is 32.4 Å². The summed E-state index contributed by atoms with van der Waals surface area (Å²) in [4.78, 5) is 17.1. The van der Waals surface area contributed by atoms with Crippen molar-refractivity contribution in [1.29, 1.82) is 0 Å². The summed E-state index contributed by atoms with van der Waals surface area (Å²) in [6.07, 6.45) is 6.17. The minimum Gasteiger partial charge on any atom is -0.481 e. The van der Waals surface area contributed by atoms with E-state index in [1.807, 2.05) is 6.07 Å². The van der Waals surface area contributed by atoms with Gasteiger partial charge >= 0.3 is 0 Å². The molecule has 180 valence electrons. The highest BCUT2D eigenvalue weighted by Gasteiger charge is 2.20. The third-order valence-corrected chi connectivity index (χ3v) is 7.12. The summed E-state index contributed by atoms with van der Waals surface area (Å²) in [5.41, 5.74) is 1.50. The van der Waals surface area contributed by atoms with E-state index in [1.165, 1.54) is 18.6 Å². The van der Waals surface area contributed by atoms with Crippen molar-refractivity contribution in [1.82, 2.24) is 19.9 Å². The van der Waals surface area contributed by atoms with E-state index < -0.39 is 10.0 Å². The molecular weight excluding hydrogens is 468 g/mol. The fourth-order valence-corrected chi connectivity index (χ4v) is 5.02. The van der Waals surface area contributed by atoms with Gasteiger partial charge in [-0.2, -0.15) is 4.98 Å². The number of anilines is 2. The molecule has 0 bridgehead atoms. The van der Waals surface area contributed by atoms with Gasteiger partial charge in [0.1, 0.15) is 18.0 Å². The molecule has 11 heteroatoms. The molecule has 0 saturated carbocycles. The first-order valence-electron chi connectivity index (χ1n) is 11.1. The van der Waals surface area contributed by atoms with Crippen LogP contribution in [0.2, 0.25) is 0 Å². The Morgan fingerprint density at radius 2 is 1.89 bits per heavy atom. The largest absolute Gasteiger partial charge is 0.481 e. The second-order valence-corrected chi connectivity index (χ2v) is 9.71. The Bertz CT molecular complexity index is 1440. The number of fused-ring (bicyclic) bond motifs is 1. The molecule has 0 aliphatic carbocycles. The van der Waals surface area contributed by atoms with E-state index in [1.54, 1.807) is 43.6 Å². The molecule has 10 nitrogen and oxygen atoms in total. The van der Waals surface area contributed by atoms with Crippen LogP contribution in [0.25, 0.3) is 22.0 Å². The molecule has 5 rings (SSSR count). The number of benzene rings is 1. The summed E-state index contributed by atoms with van der Waals surface area (Å²) in [5.74, 6) is 1.36. The van der Waals surface area contributed by atoms with Crippen LogP contribution in [-0.2, 0) is 14.8 Å². The van der Waals surface area contributed by atoms with Gasteiger partial charge in [-0.1, -0.05) is 6.07 Å². The van der Waals surface area contributed by atoms with Crippen LogP contribution in [0.3, 0.4) is 0 Å². The minimum absolute atomic E-state index is 0.120. The molecule has 2 N–H and O–H groups in total. The summed E-state index contributed by atoms with van der Waals surface area (Å²) in [5, 5.41) is 5.05. The molecule has 0 atom stereocenters. The van der Waals surface area contributed by atoms with Crippen molar-refractivity contribution in [3.63, 3.8) is 0 Å². The number of pyridine rings is 2. The zero-order valence-corrected chi connectivity index (χ0v) is 19.8. The standard InChI is InChI=1S/C24H24N6O4S/c1-33-22-5-4-20(24(29-22)28-17-8-12-34-13-9-17)23-19-3-2-18(14-16(19)6-11-26-23)35(31,32)30-21-7-10-25-15-27-21/h2-7,10-11,14-15,17H,8-9,12-13H2,1H3,(H,28,29)(H,25,27,30). The van der Waals surface area contributed by atoms with Crippen LogP contribution in [0, 0.1) is 0 Å². The van der Waals surface area contributed by atoms with Crippen LogP contribution in [0.1, 0.15) is 12.8 Å². The normalized spacial score (nSPS) is 14.5. The molecule has 0 unspecified atom stereocenters. The summed E-state index contributed by atoms with van der Waals surface area (Å²) in [6, 6.07) is 12.1. The second kappa shape index (κ2) is 9.80. The van der Waals surface area contributed by atoms with Gasteiger partial charge in [-0.05, 0) is 48.6 Å². The molecule has 35 heavy (non-hydrogen) atoms. The maximum atomic E-state index is 12.9. The SMILES string of the molecule is COc1ccc(-c2nccc3cc(S(=O)(=O)Nc4ccncn4)ccc23)c(NC2CCOCC2)n1. The molecule has 4 heterocycles. The summed E-state index contributed by atoms with van der Waals surface area (Å²) < 4.78 is 39.1.